The molecule has 2 N–H and O–H groups in total. The molecule has 1 fully saturated rings. The smallest absolute Gasteiger partial charge is 0.406 e. The summed E-state index contributed by atoms with van der Waals surface area (Å²) in [4.78, 5) is 12.8. The minimum absolute atomic E-state index is 0.122. The van der Waals surface area contributed by atoms with Crippen molar-refractivity contribution < 1.29 is 27.1 Å². The number of carbonyl (C=O) groups excluding carboxylic acids is 1. The van der Waals surface area contributed by atoms with E-state index < -0.39 is 35.1 Å². The third-order valence-corrected chi connectivity index (χ3v) is 6.30. The predicted molar refractivity (Wildman–Crippen MR) is 110 cm³/mol. The van der Waals surface area contributed by atoms with E-state index in [1.54, 1.807) is 17.4 Å². The lowest BCUT2D eigenvalue weighted by Crippen LogP contribution is -2.47. The topological polar surface area (TPSA) is 53.6 Å². The number of likely N-dealkylation sites (N-methyl/N-ethyl adjacent to an activating group) is 1. The predicted octanol–water partition coefficient (Wildman–Crippen LogP) is 4.88. The first-order chi connectivity index (χ1) is 14.0. The number of hydrogen-bond acceptors (Lipinski definition) is 4. The van der Waals surface area contributed by atoms with Gasteiger partial charge in [-0.2, -0.15) is 0 Å². The SMILES string of the molecule is C=S1NC(c2cccc(OC(F)(F)F)c2)CC(C(=O)Nc2ccc(F)c(Cl)c2)N1C. The van der Waals surface area contributed by atoms with Gasteiger partial charge in [0.1, 0.15) is 17.6 Å². The molecule has 1 amide bonds. The number of ether oxygens (including phenoxy) is 1. The first-order valence-corrected chi connectivity index (χ1v) is 10.4. The lowest BCUT2D eigenvalue weighted by Gasteiger charge is -2.39. The third-order valence-electron chi connectivity index (χ3n) is 4.51. The zero-order valence-corrected chi connectivity index (χ0v) is 17.2. The van der Waals surface area contributed by atoms with Crippen LogP contribution >= 0.6 is 22.5 Å². The second kappa shape index (κ2) is 8.93. The van der Waals surface area contributed by atoms with Gasteiger partial charge in [-0.15, -0.1) is 13.2 Å². The molecule has 0 aromatic heterocycles. The number of hydrogen-bond donors (Lipinski definition) is 2. The molecule has 11 heteroatoms. The number of alkyl halides is 3. The fourth-order valence-corrected chi connectivity index (χ4v) is 4.42. The Hall–Kier alpha value is -2.14. The molecular weight excluding hydrogens is 446 g/mol. The van der Waals surface area contributed by atoms with Gasteiger partial charge in [0, 0.05) is 11.7 Å². The van der Waals surface area contributed by atoms with Crippen LogP contribution in [0.15, 0.2) is 42.5 Å². The minimum Gasteiger partial charge on any atom is -0.406 e. The van der Waals surface area contributed by atoms with E-state index in [0.717, 1.165) is 6.07 Å². The first kappa shape index (κ1) is 22.5. The van der Waals surface area contributed by atoms with E-state index in [9.17, 15) is 22.4 Å². The molecule has 1 aliphatic heterocycles. The molecule has 2 aromatic carbocycles. The van der Waals surface area contributed by atoms with E-state index in [1.807, 2.05) is 0 Å². The van der Waals surface area contributed by atoms with Gasteiger partial charge in [-0.3, -0.25) is 9.52 Å². The van der Waals surface area contributed by atoms with Crippen molar-refractivity contribution in [1.82, 2.24) is 9.03 Å². The van der Waals surface area contributed by atoms with Crippen molar-refractivity contribution in [3.63, 3.8) is 0 Å². The van der Waals surface area contributed by atoms with Crippen molar-refractivity contribution in [1.29, 1.82) is 0 Å². The fraction of sp³-hybridized carbons (Fsp3) is 0.263. The zero-order chi connectivity index (χ0) is 22.1. The van der Waals surface area contributed by atoms with Crippen LogP contribution in [0.25, 0.3) is 0 Å². The average molecular weight is 464 g/mol. The molecule has 3 rings (SSSR count). The van der Waals surface area contributed by atoms with E-state index >= 15 is 0 Å². The lowest BCUT2D eigenvalue weighted by molar-refractivity contribution is -0.274. The van der Waals surface area contributed by atoms with Gasteiger partial charge < -0.3 is 10.1 Å². The van der Waals surface area contributed by atoms with Crippen LogP contribution in [0, 0.1) is 5.82 Å². The van der Waals surface area contributed by atoms with Crippen molar-refractivity contribution in [3.8, 4) is 5.75 Å². The summed E-state index contributed by atoms with van der Waals surface area (Å²) >= 11 is 5.75. The molecule has 0 radical (unpaired) electrons. The summed E-state index contributed by atoms with van der Waals surface area (Å²) in [6.45, 7) is 0. The molecule has 1 saturated heterocycles. The maximum atomic E-state index is 13.3. The van der Waals surface area contributed by atoms with Crippen LogP contribution in [0.5, 0.6) is 5.75 Å². The molecule has 1 aliphatic rings. The van der Waals surface area contributed by atoms with Crippen molar-refractivity contribution >= 4 is 39.9 Å². The van der Waals surface area contributed by atoms with Crippen LogP contribution in [0.3, 0.4) is 0 Å². The summed E-state index contributed by atoms with van der Waals surface area (Å²) in [6, 6.07) is 8.37. The van der Waals surface area contributed by atoms with Gasteiger partial charge in [0.2, 0.25) is 5.91 Å². The van der Waals surface area contributed by atoms with Crippen LogP contribution in [-0.4, -0.2) is 35.5 Å². The maximum absolute atomic E-state index is 13.3. The van der Waals surface area contributed by atoms with E-state index in [1.165, 1.54) is 30.3 Å². The second-order valence-corrected chi connectivity index (χ2v) is 8.52. The quantitative estimate of drug-likeness (QED) is 0.501. The Bertz CT molecular complexity index is 973. The number of anilines is 1. The van der Waals surface area contributed by atoms with Crippen molar-refractivity contribution in [3.05, 3.63) is 58.9 Å². The minimum atomic E-state index is -4.80. The zero-order valence-electron chi connectivity index (χ0n) is 15.7. The number of nitrogens with zero attached hydrogens (tertiary/aromatic N) is 1. The Kier molecular flexibility index (Phi) is 6.71. The molecule has 5 nitrogen and oxygen atoms in total. The Labute approximate surface area is 178 Å². The van der Waals surface area contributed by atoms with Crippen LogP contribution in [-0.2, 0) is 4.79 Å². The number of rotatable bonds is 4. The van der Waals surface area contributed by atoms with Gasteiger partial charge >= 0.3 is 6.36 Å². The monoisotopic (exact) mass is 463 g/mol. The molecule has 3 atom stereocenters. The van der Waals surface area contributed by atoms with Gasteiger partial charge in [0.25, 0.3) is 0 Å². The highest BCUT2D eigenvalue weighted by molar-refractivity contribution is 8.10. The molecule has 162 valence electrons. The van der Waals surface area contributed by atoms with Crippen molar-refractivity contribution in [2.24, 2.45) is 0 Å². The summed E-state index contributed by atoms with van der Waals surface area (Å²) in [5.74, 6) is 2.67. The van der Waals surface area contributed by atoms with E-state index in [-0.39, 0.29) is 23.1 Å². The van der Waals surface area contributed by atoms with Crippen LogP contribution in [0.4, 0.5) is 23.2 Å². The molecule has 0 bridgehead atoms. The summed E-state index contributed by atoms with van der Waals surface area (Å²) in [5.41, 5.74) is 0.869. The summed E-state index contributed by atoms with van der Waals surface area (Å²) in [6.07, 6.45) is -4.53. The lowest BCUT2D eigenvalue weighted by atomic mass is 9.99. The van der Waals surface area contributed by atoms with Crippen molar-refractivity contribution in [2.75, 3.05) is 12.4 Å². The molecule has 0 saturated carbocycles. The Morgan fingerprint density at radius 2 is 2.07 bits per heavy atom. The largest absolute Gasteiger partial charge is 0.573 e. The van der Waals surface area contributed by atoms with Crippen molar-refractivity contribution in [2.45, 2.75) is 24.9 Å². The normalized spacial score (nSPS) is 22.5. The van der Waals surface area contributed by atoms with Crippen LogP contribution in [0.1, 0.15) is 18.0 Å². The number of halogens is 5. The molecule has 0 aliphatic carbocycles. The van der Waals surface area contributed by atoms with Crippen LogP contribution in [0.2, 0.25) is 5.02 Å². The Morgan fingerprint density at radius 3 is 2.73 bits per heavy atom. The van der Waals surface area contributed by atoms with Gasteiger partial charge in [-0.25, -0.2) is 8.70 Å². The highest BCUT2D eigenvalue weighted by atomic mass is 35.5. The van der Waals surface area contributed by atoms with E-state index in [4.69, 9.17) is 11.6 Å². The standard InChI is InChI=1S/C19H18ClF4N3O2S/c1-27-17(18(28)25-12-6-7-15(21)14(20)9-12)10-16(26-30(27)2)11-4-3-5-13(8-11)29-19(22,23)24/h3-9,16-17,26H,2,10H2,1H3,(H,25,28). The number of amides is 1. The van der Waals surface area contributed by atoms with E-state index in [2.05, 4.69) is 20.6 Å². The fourth-order valence-electron chi connectivity index (χ4n) is 3.02. The highest BCUT2D eigenvalue weighted by Gasteiger charge is 2.35. The van der Waals surface area contributed by atoms with Gasteiger partial charge in [0.15, 0.2) is 0 Å². The molecule has 1 heterocycles. The summed E-state index contributed by atoms with van der Waals surface area (Å²) in [5, 5.41) is 2.57. The third kappa shape index (κ3) is 5.51. The number of benzene rings is 2. The second-order valence-electron chi connectivity index (χ2n) is 6.57. The maximum Gasteiger partial charge on any atom is 0.573 e. The van der Waals surface area contributed by atoms with Crippen LogP contribution < -0.4 is 14.8 Å². The molecule has 3 unspecified atom stereocenters. The highest BCUT2D eigenvalue weighted by Crippen LogP contribution is 2.35. The first-order valence-electron chi connectivity index (χ1n) is 8.68. The van der Waals surface area contributed by atoms with Gasteiger partial charge in [-0.1, -0.05) is 34.6 Å². The molecular formula is C19H18ClF4N3O2S. The summed E-state index contributed by atoms with van der Waals surface area (Å²) < 4.78 is 59.8. The van der Waals surface area contributed by atoms with E-state index in [0.29, 0.717) is 11.3 Å². The molecule has 30 heavy (non-hydrogen) atoms. The molecule has 2 aromatic rings. The van der Waals surface area contributed by atoms with Gasteiger partial charge in [0.05, 0.1) is 5.02 Å². The average Bonchev–Trinajstić information content (AvgIpc) is 2.65. The number of carbonyl (C=O) groups is 1. The molecule has 0 spiro atoms. The number of nitrogens with one attached hydrogen (secondary N) is 2. The Morgan fingerprint density at radius 1 is 1.33 bits per heavy atom. The van der Waals surface area contributed by atoms with Gasteiger partial charge in [-0.05, 0) is 55.2 Å². The Balaban J connectivity index is 1.78. The summed E-state index contributed by atoms with van der Waals surface area (Å²) in [7, 11) is 0.928.